The highest BCUT2D eigenvalue weighted by Gasteiger charge is 2.24. The highest BCUT2D eigenvalue weighted by atomic mass is 16.4. The maximum Gasteiger partial charge on any atom is 0.326 e. The molecule has 0 radical (unpaired) electrons. The molecule has 0 aliphatic heterocycles. The van der Waals surface area contributed by atoms with Crippen LogP contribution in [0.5, 0.6) is 0 Å². The van der Waals surface area contributed by atoms with E-state index in [1.807, 2.05) is 0 Å². The molecule has 2 N–H and O–H groups in total. The Morgan fingerprint density at radius 2 is 2.05 bits per heavy atom. The summed E-state index contributed by atoms with van der Waals surface area (Å²) in [5, 5.41) is 15.6. The van der Waals surface area contributed by atoms with Crippen molar-refractivity contribution < 1.29 is 14.7 Å². The number of carboxylic acid groups (broad SMARTS) is 1. The number of carboxylic acids is 1. The number of aliphatic carboxylic acids is 1. The number of hydrogen-bond donors (Lipinski definition) is 2. The van der Waals surface area contributed by atoms with Gasteiger partial charge in [0.1, 0.15) is 11.7 Å². The van der Waals surface area contributed by atoms with Crippen LogP contribution in [0.15, 0.2) is 36.7 Å². The first-order valence-electron chi connectivity index (χ1n) is 6.50. The van der Waals surface area contributed by atoms with Crippen LogP contribution in [0.1, 0.15) is 24.3 Å². The molecule has 0 aromatic carbocycles. The first kappa shape index (κ1) is 14.7. The number of aromatic nitrogens is 3. The Morgan fingerprint density at radius 1 is 1.29 bits per heavy atom. The molecule has 1 atom stereocenters. The largest absolute Gasteiger partial charge is 0.480 e. The number of rotatable bonds is 5. The van der Waals surface area contributed by atoms with Crippen molar-refractivity contribution in [2.75, 3.05) is 0 Å². The second kappa shape index (κ2) is 6.17. The zero-order valence-electron chi connectivity index (χ0n) is 11.7. The van der Waals surface area contributed by atoms with E-state index in [1.54, 1.807) is 44.4 Å². The standard InChI is InChI=1S/C14H16N4O3/c1-9(2)12(14(20)21)17-13(19)10-5-3-6-11(16-10)18-8-4-7-15-18/h3-9,12H,1-2H3,(H,17,19)(H,20,21). The third-order valence-corrected chi connectivity index (χ3v) is 2.93. The summed E-state index contributed by atoms with van der Waals surface area (Å²) in [5.74, 6) is -1.32. The Bertz CT molecular complexity index is 637. The van der Waals surface area contributed by atoms with Crippen LogP contribution in [0.25, 0.3) is 5.82 Å². The van der Waals surface area contributed by atoms with E-state index in [1.165, 1.54) is 10.7 Å². The van der Waals surface area contributed by atoms with Gasteiger partial charge in [0.05, 0.1) is 0 Å². The molecule has 0 saturated heterocycles. The molecule has 0 aliphatic rings. The van der Waals surface area contributed by atoms with Crippen molar-refractivity contribution >= 4 is 11.9 Å². The van der Waals surface area contributed by atoms with Gasteiger partial charge >= 0.3 is 5.97 Å². The fourth-order valence-electron chi connectivity index (χ4n) is 1.81. The number of hydrogen-bond acceptors (Lipinski definition) is 4. The maximum absolute atomic E-state index is 12.1. The smallest absolute Gasteiger partial charge is 0.326 e. The number of carbonyl (C=O) groups is 2. The molecular weight excluding hydrogens is 272 g/mol. The lowest BCUT2D eigenvalue weighted by atomic mass is 10.0. The highest BCUT2D eigenvalue weighted by molar-refractivity contribution is 5.95. The van der Waals surface area contributed by atoms with E-state index in [4.69, 9.17) is 5.11 Å². The Kier molecular flexibility index (Phi) is 4.32. The lowest BCUT2D eigenvalue weighted by molar-refractivity contribution is -0.140. The summed E-state index contributed by atoms with van der Waals surface area (Å²) in [6.07, 6.45) is 3.31. The monoisotopic (exact) mass is 288 g/mol. The molecule has 1 amide bonds. The van der Waals surface area contributed by atoms with E-state index in [0.29, 0.717) is 5.82 Å². The zero-order valence-corrected chi connectivity index (χ0v) is 11.7. The highest BCUT2D eigenvalue weighted by Crippen LogP contribution is 2.07. The Balaban J connectivity index is 2.20. The van der Waals surface area contributed by atoms with Crippen molar-refractivity contribution in [2.45, 2.75) is 19.9 Å². The summed E-state index contributed by atoms with van der Waals surface area (Å²) in [4.78, 5) is 27.4. The molecule has 2 rings (SSSR count). The third-order valence-electron chi connectivity index (χ3n) is 2.93. The van der Waals surface area contributed by atoms with Crippen LogP contribution in [-0.2, 0) is 4.79 Å². The lowest BCUT2D eigenvalue weighted by Crippen LogP contribution is -2.44. The molecule has 0 spiro atoms. The zero-order chi connectivity index (χ0) is 15.4. The summed E-state index contributed by atoms with van der Waals surface area (Å²) >= 11 is 0. The third kappa shape index (κ3) is 3.44. The molecule has 1 unspecified atom stereocenters. The van der Waals surface area contributed by atoms with Crippen LogP contribution in [0.4, 0.5) is 0 Å². The number of nitrogens with one attached hydrogen (secondary N) is 1. The van der Waals surface area contributed by atoms with Gasteiger partial charge in [-0.1, -0.05) is 19.9 Å². The number of carbonyl (C=O) groups excluding carboxylic acids is 1. The van der Waals surface area contributed by atoms with Crippen LogP contribution in [0.3, 0.4) is 0 Å². The van der Waals surface area contributed by atoms with Crippen LogP contribution in [0, 0.1) is 5.92 Å². The summed E-state index contributed by atoms with van der Waals surface area (Å²) in [7, 11) is 0. The maximum atomic E-state index is 12.1. The molecule has 2 aromatic heterocycles. The minimum absolute atomic E-state index is 0.148. The van der Waals surface area contributed by atoms with Gasteiger partial charge < -0.3 is 10.4 Å². The fourth-order valence-corrected chi connectivity index (χ4v) is 1.81. The summed E-state index contributed by atoms with van der Waals surface area (Å²) in [5.41, 5.74) is 0.148. The second-order valence-electron chi connectivity index (χ2n) is 4.87. The molecule has 0 aliphatic carbocycles. The predicted molar refractivity (Wildman–Crippen MR) is 75.1 cm³/mol. The average molecular weight is 288 g/mol. The van der Waals surface area contributed by atoms with Crippen molar-refractivity contribution in [3.63, 3.8) is 0 Å². The average Bonchev–Trinajstić information content (AvgIpc) is 2.98. The van der Waals surface area contributed by atoms with Gasteiger partial charge in [0.25, 0.3) is 5.91 Å². The van der Waals surface area contributed by atoms with Crippen LogP contribution >= 0.6 is 0 Å². The van der Waals surface area contributed by atoms with Crippen molar-refractivity contribution in [1.82, 2.24) is 20.1 Å². The molecule has 0 saturated carbocycles. The summed E-state index contributed by atoms with van der Waals surface area (Å²) in [6.45, 7) is 3.46. The molecule has 110 valence electrons. The van der Waals surface area contributed by atoms with Gasteiger partial charge in [-0.3, -0.25) is 4.79 Å². The Morgan fingerprint density at radius 3 is 2.62 bits per heavy atom. The van der Waals surface area contributed by atoms with Gasteiger partial charge in [0, 0.05) is 12.4 Å². The van der Waals surface area contributed by atoms with Crippen molar-refractivity contribution in [2.24, 2.45) is 5.92 Å². The fraction of sp³-hybridized carbons (Fsp3) is 0.286. The van der Waals surface area contributed by atoms with Crippen molar-refractivity contribution in [1.29, 1.82) is 0 Å². The molecule has 7 nitrogen and oxygen atoms in total. The lowest BCUT2D eigenvalue weighted by Gasteiger charge is -2.17. The van der Waals surface area contributed by atoms with E-state index in [9.17, 15) is 9.59 Å². The first-order valence-corrected chi connectivity index (χ1v) is 6.50. The summed E-state index contributed by atoms with van der Waals surface area (Å²) in [6, 6.07) is 5.70. The van der Waals surface area contributed by atoms with Gasteiger partial charge in [-0.15, -0.1) is 0 Å². The van der Waals surface area contributed by atoms with E-state index in [0.717, 1.165) is 0 Å². The number of nitrogens with zero attached hydrogens (tertiary/aromatic N) is 3. The first-order chi connectivity index (χ1) is 9.99. The molecule has 0 bridgehead atoms. The Hall–Kier alpha value is -2.70. The predicted octanol–water partition coefficient (Wildman–Crippen LogP) is 1.11. The number of pyridine rings is 1. The van der Waals surface area contributed by atoms with Gasteiger partial charge in [-0.05, 0) is 24.1 Å². The van der Waals surface area contributed by atoms with Crippen LogP contribution < -0.4 is 5.32 Å². The SMILES string of the molecule is CC(C)C(NC(=O)c1cccc(-n2cccn2)n1)C(=O)O. The number of amides is 1. The molecule has 21 heavy (non-hydrogen) atoms. The molecule has 0 fully saturated rings. The molecule has 2 aromatic rings. The van der Waals surface area contributed by atoms with Gasteiger partial charge in [0.15, 0.2) is 5.82 Å². The minimum atomic E-state index is -1.07. The van der Waals surface area contributed by atoms with E-state index in [2.05, 4.69) is 15.4 Å². The molecule has 7 heteroatoms. The van der Waals surface area contributed by atoms with E-state index < -0.39 is 17.9 Å². The van der Waals surface area contributed by atoms with Gasteiger partial charge in [-0.25, -0.2) is 14.5 Å². The molecular formula is C14H16N4O3. The quantitative estimate of drug-likeness (QED) is 0.859. The van der Waals surface area contributed by atoms with Crippen LogP contribution in [0.2, 0.25) is 0 Å². The van der Waals surface area contributed by atoms with Crippen LogP contribution in [-0.4, -0.2) is 37.8 Å². The minimum Gasteiger partial charge on any atom is -0.480 e. The van der Waals surface area contributed by atoms with Crippen molar-refractivity contribution in [3.05, 3.63) is 42.4 Å². The second-order valence-corrected chi connectivity index (χ2v) is 4.87. The topological polar surface area (TPSA) is 97.1 Å². The van der Waals surface area contributed by atoms with Gasteiger partial charge in [0.2, 0.25) is 0 Å². The molecule has 2 heterocycles. The normalized spacial score (nSPS) is 12.1. The van der Waals surface area contributed by atoms with E-state index in [-0.39, 0.29) is 11.6 Å². The van der Waals surface area contributed by atoms with Gasteiger partial charge in [-0.2, -0.15) is 5.10 Å². The van der Waals surface area contributed by atoms with E-state index >= 15 is 0 Å². The van der Waals surface area contributed by atoms with Crippen molar-refractivity contribution in [3.8, 4) is 5.82 Å². The Labute approximate surface area is 121 Å². The summed E-state index contributed by atoms with van der Waals surface area (Å²) < 4.78 is 1.52.